The number of H-pyrrole nitrogens is 1. The summed E-state index contributed by atoms with van der Waals surface area (Å²) in [6.45, 7) is 0.947. The van der Waals surface area contributed by atoms with Crippen LogP contribution in [0.5, 0.6) is 0 Å². The van der Waals surface area contributed by atoms with Gasteiger partial charge in [0.2, 0.25) is 0 Å². The van der Waals surface area contributed by atoms with Crippen molar-refractivity contribution in [2.45, 2.75) is 25.8 Å². The van der Waals surface area contributed by atoms with E-state index in [0.717, 1.165) is 42.3 Å². The molecule has 0 fully saturated rings. The van der Waals surface area contributed by atoms with Crippen LogP contribution in [-0.4, -0.2) is 30.9 Å². The van der Waals surface area contributed by atoms with Gasteiger partial charge in [-0.2, -0.15) is 5.10 Å². The zero-order valence-corrected chi connectivity index (χ0v) is 12.5. The monoisotopic (exact) mass is 308 g/mol. The van der Waals surface area contributed by atoms with E-state index in [0.29, 0.717) is 5.69 Å². The van der Waals surface area contributed by atoms with Crippen LogP contribution in [0.25, 0.3) is 11.4 Å². The number of nitrogens with one attached hydrogen (secondary N) is 2. The Hall–Kier alpha value is -2.96. The number of hydrogen-bond acceptors (Lipinski definition) is 4. The maximum Gasteiger partial charge on any atom is 0.273 e. The number of aromatic nitrogens is 5. The standard InChI is InChI=1S/C16H16N6O/c23-16(13-7-8-17-19-13)18-12-5-3-4-11(10-12)15-21-20-14-6-1-2-9-22(14)15/h3-5,7-8,10H,1-2,6,9H2,(H,17,19)(H,18,23). The Balaban J connectivity index is 1.62. The Morgan fingerprint density at radius 2 is 2.17 bits per heavy atom. The predicted octanol–water partition coefficient (Wildman–Crippen LogP) is 2.26. The van der Waals surface area contributed by atoms with Crippen molar-refractivity contribution in [1.82, 2.24) is 25.0 Å². The molecule has 23 heavy (non-hydrogen) atoms. The summed E-state index contributed by atoms with van der Waals surface area (Å²) in [6.07, 6.45) is 4.84. The van der Waals surface area contributed by atoms with Crippen LogP contribution >= 0.6 is 0 Å². The van der Waals surface area contributed by atoms with Crippen LogP contribution in [0.15, 0.2) is 36.5 Å². The van der Waals surface area contributed by atoms with Crippen LogP contribution in [0.3, 0.4) is 0 Å². The minimum atomic E-state index is -0.220. The van der Waals surface area contributed by atoms with E-state index in [2.05, 4.69) is 30.3 Å². The summed E-state index contributed by atoms with van der Waals surface area (Å²) in [7, 11) is 0. The van der Waals surface area contributed by atoms with Gasteiger partial charge >= 0.3 is 0 Å². The Morgan fingerprint density at radius 1 is 1.22 bits per heavy atom. The molecule has 0 bridgehead atoms. The highest BCUT2D eigenvalue weighted by Crippen LogP contribution is 2.25. The molecule has 3 aromatic rings. The first-order valence-electron chi connectivity index (χ1n) is 7.64. The molecule has 3 heterocycles. The smallest absolute Gasteiger partial charge is 0.273 e. The lowest BCUT2D eigenvalue weighted by Gasteiger charge is -2.15. The quantitative estimate of drug-likeness (QED) is 0.776. The number of anilines is 1. The third-order valence-corrected chi connectivity index (χ3v) is 3.98. The van der Waals surface area contributed by atoms with Gasteiger partial charge in [0.1, 0.15) is 11.5 Å². The van der Waals surface area contributed by atoms with Crippen LogP contribution < -0.4 is 5.32 Å². The van der Waals surface area contributed by atoms with Gasteiger partial charge in [-0.3, -0.25) is 9.89 Å². The third-order valence-electron chi connectivity index (χ3n) is 3.98. The van der Waals surface area contributed by atoms with Crippen molar-refractivity contribution in [3.05, 3.63) is 48.0 Å². The molecule has 1 aliphatic heterocycles. The second-order valence-corrected chi connectivity index (χ2v) is 5.55. The summed E-state index contributed by atoms with van der Waals surface area (Å²) in [5.41, 5.74) is 2.10. The second-order valence-electron chi connectivity index (χ2n) is 5.55. The average Bonchev–Trinajstić information content (AvgIpc) is 3.25. The first kappa shape index (κ1) is 13.7. The summed E-state index contributed by atoms with van der Waals surface area (Å²) < 4.78 is 2.17. The molecule has 0 saturated heterocycles. The molecule has 7 nitrogen and oxygen atoms in total. The van der Waals surface area contributed by atoms with Crippen molar-refractivity contribution in [3.8, 4) is 11.4 Å². The van der Waals surface area contributed by atoms with E-state index in [9.17, 15) is 4.79 Å². The maximum atomic E-state index is 12.1. The van der Waals surface area contributed by atoms with Crippen molar-refractivity contribution in [2.24, 2.45) is 0 Å². The van der Waals surface area contributed by atoms with Crippen LogP contribution in [0.1, 0.15) is 29.2 Å². The van der Waals surface area contributed by atoms with Crippen molar-refractivity contribution >= 4 is 11.6 Å². The first-order valence-corrected chi connectivity index (χ1v) is 7.64. The van der Waals surface area contributed by atoms with E-state index in [1.54, 1.807) is 12.3 Å². The molecule has 0 saturated carbocycles. The van der Waals surface area contributed by atoms with Gasteiger partial charge in [-0.15, -0.1) is 10.2 Å². The minimum absolute atomic E-state index is 0.220. The topological polar surface area (TPSA) is 88.5 Å². The Labute approximate surface area is 132 Å². The summed E-state index contributed by atoms with van der Waals surface area (Å²) in [5, 5.41) is 17.9. The van der Waals surface area contributed by atoms with Crippen molar-refractivity contribution in [3.63, 3.8) is 0 Å². The lowest BCUT2D eigenvalue weighted by Crippen LogP contribution is -2.13. The van der Waals surface area contributed by atoms with E-state index >= 15 is 0 Å². The maximum absolute atomic E-state index is 12.1. The first-order chi connectivity index (χ1) is 11.3. The zero-order valence-electron chi connectivity index (χ0n) is 12.5. The number of aromatic amines is 1. The van der Waals surface area contributed by atoms with Crippen LogP contribution in [0.2, 0.25) is 0 Å². The molecule has 0 spiro atoms. The van der Waals surface area contributed by atoms with Gasteiger partial charge in [-0.05, 0) is 31.0 Å². The number of carbonyl (C=O) groups excluding carboxylic acids is 1. The molecule has 0 radical (unpaired) electrons. The number of fused-ring (bicyclic) bond motifs is 1. The molecule has 0 unspecified atom stereocenters. The van der Waals surface area contributed by atoms with Gasteiger partial charge in [0.25, 0.3) is 5.91 Å². The van der Waals surface area contributed by atoms with E-state index in [1.165, 1.54) is 6.42 Å². The fourth-order valence-electron chi connectivity index (χ4n) is 2.84. The fraction of sp³-hybridized carbons (Fsp3) is 0.250. The fourth-order valence-corrected chi connectivity index (χ4v) is 2.84. The summed E-state index contributed by atoms with van der Waals surface area (Å²) in [6, 6.07) is 9.29. The molecular formula is C16H16N6O. The van der Waals surface area contributed by atoms with E-state index in [1.807, 2.05) is 24.3 Å². The van der Waals surface area contributed by atoms with Crippen LogP contribution in [-0.2, 0) is 13.0 Å². The molecule has 0 aliphatic carbocycles. The Kier molecular flexibility index (Phi) is 3.38. The normalized spacial score (nSPS) is 13.6. The predicted molar refractivity (Wildman–Crippen MR) is 84.9 cm³/mol. The molecule has 1 aliphatic rings. The largest absolute Gasteiger partial charge is 0.321 e. The number of benzene rings is 1. The number of nitrogens with zero attached hydrogens (tertiary/aromatic N) is 4. The van der Waals surface area contributed by atoms with Gasteiger partial charge in [0.05, 0.1) is 0 Å². The second kappa shape index (κ2) is 5.68. The molecule has 4 rings (SSSR count). The molecule has 1 amide bonds. The molecule has 2 aromatic heterocycles. The Morgan fingerprint density at radius 3 is 3.04 bits per heavy atom. The van der Waals surface area contributed by atoms with Crippen molar-refractivity contribution in [1.29, 1.82) is 0 Å². The van der Waals surface area contributed by atoms with Gasteiger partial charge in [-0.25, -0.2) is 0 Å². The minimum Gasteiger partial charge on any atom is -0.321 e. The lowest BCUT2D eigenvalue weighted by molar-refractivity contribution is 0.102. The highest BCUT2D eigenvalue weighted by molar-refractivity contribution is 6.03. The van der Waals surface area contributed by atoms with E-state index in [4.69, 9.17) is 0 Å². The van der Waals surface area contributed by atoms with E-state index in [-0.39, 0.29) is 5.91 Å². The summed E-state index contributed by atoms with van der Waals surface area (Å²) in [5.74, 6) is 1.68. The molecular weight excluding hydrogens is 292 g/mol. The SMILES string of the molecule is O=C(Nc1cccc(-c2nnc3n2CCCC3)c1)c1ccn[nH]1. The average molecular weight is 308 g/mol. The molecule has 116 valence electrons. The Bertz CT molecular complexity index is 836. The number of hydrogen-bond donors (Lipinski definition) is 2. The number of rotatable bonds is 3. The summed E-state index contributed by atoms with van der Waals surface area (Å²) in [4.78, 5) is 12.1. The van der Waals surface area contributed by atoms with Crippen LogP contribution in [0.4, 0.5) is 5.69 Å². The van der Waals surface area contributed by atoms with Gasteiger partial charge in [0, 0.05) is 30.4 Å². The highest BCUT2D eigenvalue weighted by Gasteiger charge is 2.17. The summed E-state index contributed by atoms with van der Waals surface area (Å²) >= 11 is 0. The number of aryl methyl sites for hydroxylation is 1. The van der Waals surface area contributed by atoms with Gasteiger partial charge in [0.15, 0.2) is 5.82 Å². The van der Waals surface area contributed by atoms with Crippen molar-refractivity contribution in [2.75, 3.05) is 5.32 Å². The molecule has 0 atom stereocenters. The van der Waals surface area contributed by atoms with Gasteiger partial charge in [-0.1, -0.05) is 12.1 Å². The number of carbonyl (C=O) groups is 1. The number of amides is 1. The third kappa shape index (κ3) is 2.61. The molecule has 2 N–H and O–H groups in total. The van der Waals surface area contributed by atoms with Gasteiger partial charge < -0.3 is 9.88 Å². The molecule has 1 aromatic carbocycles. The zero-order chi connectivity index (χ0) is 15.6. The van der Waals surface area contributed by atoms with E-state index < -0.39 is 0 Å². The highest BCUT2D eigenvalue weighted by atomic mass is 16.1. The molecule has 7 heteroatoms. The van der Waals surface area contributed by atoms with Crippen molar-refractivity contribution < 1.29 is 4.79 Å². The van der Waals surface area contributed by atoms with Crippen LogP contribution in [0, 0.1) is 0 Å². The lowest BCUT2D eigenvalue weighted by atomic mass is 10.1.